The van der Waals surface area contributed by atoms with Gasteiger partial charge in [0.2, 0.25) is 0 Å². The molecule has 34 heavy (non-hydrogen) atoms. The average Bonchev–Trinajstić information content (AvgIpc) is 3.30. The lowest BCUT2D eigenvalue weighted by Gasteiger charge is -2.42. The molecule has 5 rings (SSSR count). The Morgan fingerprint density at radius 3 is 2.65 bits per heavy atom. The first-order valence-electron chi connectivity index (χ1n) is 11.4. The number of pyridine rings is 1. The molecule has 4 aromatic rings. The number of tetrazole rings is 1. The van der Waals surface area contributed by atoms with Crippen LogP contribution in [-0.2, 0) is 13.0 Å². The summed E-state index contributed by atoms with van der Waals surface area (Å²) in [6.45, 7) is 4.31. The van der Waals surface area contributed by atoms with Crippen molar-refractivity contribution in [1.82, 2.24) is 24.8 Å². The summed E-state index contributed by atoms with van der Waals surface area (Å²) in [6, 6.07) is 20.4. The van der Waals surface area contributed by atoms with E-state index < -0.39 is 17.7 Å². The highest BCUT2D eigenvalue weighted by molar-refractivity contribution is 5.60. The van der Waals surface area contributed by atoms with Gasteiger partial charge in [0.1, 0.15) is 17.5 Å². The van der Waals surface area contributed by atoms with Gasteiger partial charge in [0.25, 0.3) is 5.56 Å². The maximum absolute atomic E-state index is 12.7. The van der Waals surface area contributed by atoms with Gasteiger partial charge in [0.15, 0.2) is 5.82 Å². The highest BCUT2D eigenvalue weighted by Gasteiger charge is 2.44. The van der Waals surface area contributed by atoms with Crippen molar-refractivity contribution in [3.05, 3.63) is 94.4 Å². The van der Waals surface area contributed by atoms with Gasteiger partial charge in [0, 0.05) is 29.9 Å². The largest absolute Gasteiger partial charge is 0.485 e. The van der Waals surface area contributed by atoms with Crippen molar-refractivity contribution in [1.29, 1.82) is 0 Å². The lowest BCUT2D eigenvalue weighted by atomic mass is 9.85. The van der Waals surface area contributed by atoms with Gasteiger partial charge in [-0.2, -0.15) is 0 Å². The van der Waals surface area contributed by atoms with Crippen molar-refractivity contribution in [2.75, 3.05) is 0 Å². The summed E-state index contributed by atoms with van der Waals surface area (Å²) in [7, 11) is 0. The molecule has 0 saturated carbocycles. The minimum atomic E-state index is -0.933. The maximum atomic E-state index is 12.7. The van der Waals surface area contributed by atoms with Crippen molar-refractivity contribution >= 4 is 0 Å². The normalized spacial score (nSPS) is 18.8. The summed E-state index contributed by atoms with van der Waals surface area (Å²) in [4.78, 5) is 12.7. The summed E-state index contributed by atoms with van der Waals surface area (Å²) < 4.78 is 9.46. The number of benzene rings is 2. The van der Waals surface area contributed by atoms with Gasteiger partial charge in [-0.05, 0) is 66.9 Å². The van der Waals surface area contributed by atoms with E-state index in [1.165, 1.54) is 11.6 Å². The zero-order valence-electron chi connectivity index (χ0n) is 19.2. The van der Waals surface area contributed by atoms with E-state index in [-0.39, 0.29) is 5.56 Å². The van der Waals surface area contributed by atoms with Crippen LogP contribution >= 0.6 is 0 Å². The Bertz CT molecular complexity index is 1350. The average molecular weight is 458 g/mol. The van der Waals surface area contributed by atoms with E-state index in [1.54, 1.807) is 27.6 Å². The fraction of sp³-hybridized carbons (Fsp3) is 0.308. The van der Waals surface area contributed by atoms with E-state index in [9.17, 15) is 9.90 Å². The molecule has 3 heterocycles. The molecule has 0 unspecified atom stereocenters. The molecule has 174 valence electrons. The fourth-order valence-corrected chi connectivity index (χ4v) is 4.52. The molecule has 2 aromatic carbocycles. The summed E-state index contributed by atoms with van der Waals surface area (Å²) >= 11 is 0. The van der Waals surface area contributed by atoms with E-state index in [0.29, 0.717) is 18.1 Å². The molecule has 1 N–H and O–H groups in total. The first kappa shape index (κ1) is 22.0. The number of hydrogen-bond donors (Lipinski definition) is 1. The predicted octanol–water partition coefficient (Wildman–Crippen LogP) is 3.26. The van der Waals surface area contributed by atoms with E-state index in [2.05, 4.69) is 27.7 Å². The summed E-state index contributed by atoms with van der Waals surface area (Å²) in [5.74, 6) is 1.26. The zero-order chi connectivity index (χ0) is 23.7. The molecule has 0 radical (unpaired) electrons. The van der Waals surface area contributed by atoms with Gasteiger partial charge in [-0.1, -0.05) is 36.4 Å². The van der Waals surface area contributed by atoms with Crippen molar-refractivity contribution in [2.24, 2.45) is 0 Å². The number of aliphatic hydroxyl groups is 1. The number of fused-ring (bicyclic) bond motifs is 1. The first-order chi connectivity index (χ1) is 16.4. The van der Waals surface area contributed by atoms with Crippen LogP contribution in [0.3, 0.4) is 0 Å². The Labute approximate surface area is 197 Å². The van der Waals surface area contributed by atoms with Crippen LogP contribution in [0.1, 0.15) is 37.4 Å². The molecule has 1 aliphatic heterocycles. The number of aromatic nitrogens is 5. The van der Waals surface area contributed by atoms with Crippen molar-refractivity contribution < 1.29 is 9.84 Å². The second kappa shape index (κ2) is 8.87. The Morgan fingerprint density at radius 1 is 1.06 bits per heavy atom. The van der Waals surface area contributed by atoms with Crippen LogP contribution in [0, 0.1) is 0 Å². The Morgan fingerprint density at radius 2 is 1.85 bits per heavy atom. The van der Waals surface area contributed by atoms with Gasteiger partial charge in [0.05, 0.1) is 6.04 Å². The third-order valence-corrected chi connectivity index (χ3v) is 6.33. The van der Waals surface area contributed by atoms with Crippen LogP contribution < -0.4 is 10.3 Å². The van der Waals surface area contributed by atoms with Gasteiger partial charge < -0.3 is 14.4 Å². The fourth-order valence-electron chi connectivity index (χ4n) is 4.52. The number of rotatable bonds is 6. The van der Waals surface area contributed by atoms with Crippen molar-refractivity contribution in [2.45, 2.75) is 51.0 Å². The van der Waals surface area contributed by atoms with E-state index in [4.69, 9.17) is 4.74 Å². The van der Waals surface area contributed by atoms with Crippen molar-refractivity contribution in [3.63, 3.8) is 0 Å². The molecule has 2 atom stereocenters. The molecule has 0 saturated heterocycles. The molecular formula is C26H27N5O3. The second-order valence-electron chi connectivity index (χ2n) is 9.11. The minimum Gasteiger partial charge on any atom is -0.485 e. The van der Waals surface area contributed by atoms with E-state index in [1.807, 2.05) is 50.2 Å². The first-order valence-corrected chi connectivity index (χ1v) is 11.4. The molecule has 2 aromatic heterocycles. The lowest BCUT2D eigenvalue weighted by Crippen LogP contribution is -2.52. The minimum absolute atomic E-state index is 0.189. The van der Waals surface area contributed by atoms with Gasteiger partial charge >= 0.3 is 0 Å². The predicted molar refractivity (Wildman–Crippen MR) is 128 cm³/mol. The molecule has 0 fully saturated rings. The molecule has 8 heteroatoms. The summed E-state index contributed by atoms with van der Waals surface area (Å²) in [6.07, 6.45) is 2.59. The zero-order valence-corrected chi connectivity index (χ0v) is 19.2. The molecule has 0 amide bonds. The molecular weight excluding hydrogens is 430 g/mol. The topological polar surface area (TPSA) is 95.1 Å². The van der Waals surface area contributed by atoms with Crippen LogP contribution in [0.2, 0.25) is 0 Å². The van der Waals surface area contributed by atoms with Crippen LogP contribution in [0.5, 0.6) is 5.75 Å². The highest BCUT2D eigenvalue weighted by Crippen LogP contribution is 2.42. The smallest absolute Gasteiger partial charge is 0.251 e. The molecule has 0 spiro atoms. The standard InChI is InChI=1S/C26H27N5O3/c1-26(2)24(33)23(30-15-7-6-12-22(30)32)20-17-19(13-14-21(20)34-26)25-27-28-29-31(25)16-8-11-18-9-4-3-5-10-18/h3-7,9-10,12-15,17,23-24,33H,8,11,16H2,1-2H3/t23-,24+/m1/s1. The molecule has 0 aliphatic carbocycles. The maximum Gasteiger partial charge on any atom is 0.251 e. The van der Waals surface area contributed by atoms with Crippen LogP contribution in [0.15, 0.2) is 77.7 Å². The van der Waals surface area contributed by atoms with Crippen LogP contribution in [0.25, 0.3) is 11.4 Å². The molecule has 0 bridgehead atoms. The van der Waals surface area contributed by atoms with Gasteiger partial charge in [-0.15, -0.1) is 5.10 Å². The molecule has 1 aliphatic rings. The third-order valence-electron chi connectivity index (χ3n) is 6.33. The van der Waals surface area contributed by atoms with Gasteiger partial charge in [-0.3, -0.25) is 4.79 Å². The summed E-state index contributed by atoms with van der Waals surface area (Å²) in [5.41, 5.74) is 1.74. The molecule has 8 nitrogen and oxygen atoms in total. The number of aryl methyl sites for hydroxylation is 2. The Kier molecular flexibility index (Phi) is 5.75. The second-order valence-corrected chi connectivity index (χ2v) is 9.11. The number of ether oxygens (including phenoxy) is 1. The highest BCUT2D eigenvalue weighted by atomic mass is 16.5. The number of aliphatic hydroxyl groups excluding tert-OH is 1. The van der Waals surface area contributed by atoms with Crippen molar-refractivity contribution in [3.8, 4) is 17.1 Å². The number of nitrogens with zero attached hydrogens (tertiary/aromatic N) is 5. The quantitative estimate of drug-likeness (QED) is 0.478. The van der Waals surface area contributed by atoms with E-state index >= 15 is 0 Å². The number of hydrogen-bond acceptors (Lipinski definition) is 6. The summed E-state index contributed by atoms with van der Waals surface area (Å²) in [5, 5.41) is 23.5. The monoisotopic (exact) mass is 457 g/mol. The Balaban J connectivity index is 1.48. The lowest BCUT2D eigenvalue weighted by molar-refractivity contribution is -0.0642. The van der Waals surface area contributed by atoms with Crippen LogP contribution in [-0.4, -0.2) is 41.6 Å². The SMILES string of the molecule is CC1(C)Oc2ccc(-c3nnnn3CCCc3ccccc3)cc2[C@@H](n2ccccc2=O)[C@@H]1O. The van der Waals surface area contributed by atoms with E-state index in [0.717, 1.165) is 24.0 Å². The van der Waals surface area contributed by atoms with Crippen LogP contribution in [0.4, 0.5) is 0 Å². The Hall–Kier alpha value is -3.78. The van der Waals surface area contributed by atoms with Gasteiger partial charge in [-0.25, -0.2) is 4.68 Å². The third kappa shape index (κ3) is 4.12.